The van der Waals surface area contributed by atoms with Crippen molar-refractivity contribution >= 4 is 15.9 Å². The zero-order chi connectivity index (χ0) is 22.6. The molecular formula is C27H48BrNO2. The van der Waals surface area contributed by atoms with Crippen molar-refractivity contribution in [3.05, 3.63) is 28.2 Å². The first-order chi connectivity index (χ1) is 15.2. The standard InChI is InChI=1S/C27H48BrNO2/c1-3-5-6-7-8-9-10-11-12-13-14-15-16-17-18-19-21-31-27-24-29(20-4-2)25(23-28)22-26(27)30/h22,24H,3-21,23H2,1-2H3. The molecule has 180 valence electrons. The molecule has 4 heteroatoms. The number of aromatic nitrogens is 1. The summed E-state index contributed by atoms with van der Waals surface area (Å²) in [7, 11) is 0. The molecule has 1 rings (SSSR count). The number of nitrogens with zero attached hydrogens (tertiary/aromatic N) is 1. The van der Waals surface area contributed by atoms with Crippen molar-refractivity contribution in [1.29, 1.82) is 0 Å². The Bertz CT molecular complexity index is 599. The monoisotopic (exact) mass is 497 g/mol. The number of ether oxygens (including phenoxy) is 1. The molecule has 0 amide bonds. The van der Waals surface area contributed by atoms with Gasteiger partial charge in [-0.2, -0.15) is 0 Å². The molecule has 3 nitrogen and oxygen atoms in total. The van der Waals surface area contributed by atoms with Crippen LogP contribution in [0, 0.1) is 0 Å². The average molecular weight is 499 g/mol. The number of hydrogen-bond donors (Lipinski definition) is 0. The van der Waals surface area contributed by atoms with E-state index in [0.29, 0.717) is 17.7 Å². The number of hydrogen-bond acceptors (Lipinski definition) is 2. The summed E-state index contributed by atoms with van der Waals surface area (Å²) in [6, 6.07) is 1.70. The van der Waals surface area contributed by atoms with Gasteiger partial charge in [-0.25, -0.2) is 0 Å². The predicted octanol–water partition coefficient (Wildman–Crippen LogP) is 8.79. The van der Waals surface area contributed by atoms with Crippen molar-refractivity contribution in [2.75, 3.05) is 6.61 Å². The highest BCUT2D eigenvalue weighted by Gasteiger charge is 2.06. The summed E-state index contributed by atoms with van der Waals surface area (Å²) in [4.78, 5) is 12.2. The van der Waals surface area contributed by atoms with Crippen LogP contribution in [0.1, 0.15) is 129 Å². The highest BCUT2D eigenvalue weighted by atomic mass is 79.9. The van der Waals surface area contributed by atoms with Gasteiger partial charge in [-0.15, -0.1) is 0 Å². The van der Waals surface area contributed by atoms with E-state index in [4.69, 9.17) is 4.74 Å². The van der Waals surface area contributed by atoms with E-state index in [1.807, 2.05) is 6.20 Å². The van der Waals surface area contributed by atoms with Crippen molar-refractivity contribution in [2.24, 2.45) is 0 Å². The zero-order valence-electron chi connectivity index (χ0n) is 20.4. The minimum absolute atomic E-state index is 0.00158. The Labute approximate surface area is 200 Å². The number of unbranched alkanes of at least 4 members (excludes halogenated alkanes) is 15. The molecule has 1 aromatic heterocycles. The molecule has 0 saturated carbocycles. The fourth-order valence-corrected chi connectivity index (χ4v) is 4.58. The van der Waals surface area contributed by atoms with Crippen LogP contribution in [0.5, 0.6) is 5.75 Å². The SMILES string of the molecule is CCCCCCCCCCCCCCCCCCOc1cn(CCC)c(CBr)cc1=O. The Morgan fingerprint density at radius 3 is 1.68 bits per heavy atom. The van der Waals surface area contributed by atoms with Gasteiger partial charge in [-0.05, 0) is 12.8 Å². The molecule has 0 atom stereocenters. The van der Waals surface area contributed by atoms with Gasteiger partial charge in [0.2, 0.25) is 5.43 Å². The second-order valence-electron chi connectivity index (χ2n) is 8.97. The van der Waals surface area contributed by atoms with Crippen molar-refractivity contribution in [1.82, 2.24) is 4.57 Å². The third-order valence-corrected chi connectivity index (χ3v) is 6.61. The summed E-state index contributed by atoms with van der Waals surface area (Å²) in [5.74, 6) is 0.499. The van der Waals surface area contributed by atoms with Gasteiger partial charge < -0.3 is 9.30 Å². The number of aryl methyl sites for hydroxylation is 1. The van der Waals surface area contributed by atoms with Gasteiger partial charge >= 0.3 is 0 Å². The lowest BCUT2D eigenvalue weighted by Gasteiger charge is -2.13. The lowest BCUT2D eigenvalue weighted by Crippen LogP contribution is -2.15. The van der Waals surface area contributed by atoms with Crippen LogP contribution in [0.4, 0.5) is 0 Å². The Hall–Kier alpha value is -0.770. The minimum atomic E-state index is -0.00158. The minimum Gasteiger partial charge on any atom is -0.488 e. The number of halogens is 1. The molecular weight excluding hydrogens is 450 g/mol. The van der Waals surface area contributed by atoms with Crippen LogP contribution in [0.25, 0.3) is 0 Å². The molecule has 0 saturated heterocycles. The maximum Gasteiger partial charge on any atom is 0.223 e. The van der Waals surface area contributed by atoms with E-state index in [9.17, 15) is 4.79 Å². The fraction of sp³-hybridized carbons (Fsp3) is 0.815. The van der Waals surface area contributed by atoms with Crippen LogP contribution in [0.15, 0.2) is 17.1 Å². The second-order valence-corrected chi connectivity index (χ2v) is 9.53. The Kier molecular flexibility index (Phi) is 18.1. The van der Waals surface area contributed by atoms with E-state index in [-0.39, 0.29) is 5.43 Å². The number of pyridine rings is 1. The van der Waals surface area contributed by atoms with Crippen LogP contribution in [-0.4, -0.2) is 11.2 Å². The van der Waals surface area contributed by atoms with Crippen LogP contribution >= 0.6 is 15.9 Å². The van der Waals surface area contributed by atoms with E-state index >= 15 is 0 Å². The van der Waals surface area contributed by atoms with Gasteiger partial charge in [-0.3, -0.25) is 4.79 Å². The third-order valence-electron chi connectivity index (χ3n) is 6.04. The first kappa shape index (κ1) is 28.3. The van der Waals surface area contributed by atoms with Crippen molar-refractivity contribution < 1.29 is 4.74 Å². The summed E-state index contributed by atoms with van der Waals surface area (Å²) in [6.07, 6.45) is 24.8. The summed E-state index contributed by atoms with van der Waals surface area (Å²) >= 11 is 3.46. The Balaban J connectivity index is 1.96. The molecule has 31 heavy (non-hydrogen) atoms. The van der Waals surface area contributed by atoms with E-state index in [0.717, 1.165) is 25.1 Å². The highest BCUT2D eigenvalue weighted by Crippen LogP contribution is 2.14. The van der Waals surface area contributed by atoms with Gasteiger partial charge in [0.05, 0.1) is 12.8 Å². The summed E-state index contributed by atoms with van der Waals surface area (Å²) < 4.78 is 7.92. The molecule has 1 heterocycles. The molecule has 0 aliphatic carbocycles. The van der Waals surface area contributed by atoms with Gasteiger partial charge in [0.15, 0.2) is 5.75 Å². The average Bonchev–Trinajstić information content (AvgIpc) is 2.77. The topological polar surface area (TPSA) is 31.2 Å². The number of rotatable bonds is 21. The Morgan fingerprint density at radius 2 is 1.23 bits per heavy atom. The van der Waals surface area contributed by atoms with Crippen LogP contribution in [-0.2, 0) is 11.9 Å². The van der Waals surface area contributed by atoms with Crippen LogP contribution in [0.2, 0.25) is 0 Å². The zero-order valence-corrected chi connectivity index (χ0v) is 22.0. The smallest absolute Gasteiger partial charge is 0.223 e. The highest BCUT2D eigenvalue weighted by molar-refractivity contribution is 9.08. The lowest BCUT2D eigenvalue weighted by molar-refractivity contribution is 0.298. The molecule has 0 N–H and O–H groups in total. The Morgan fingerprint density at radius 1 is 0.742 bits per heavy atom. The summed E-state index contributed by atoms with van der Waals surface area (Å²) in [5, 5.41) is 0.696. The van der Waals surface area contributed by atoms with Crippen LogP contribution < -0.4 is 10.2 Å². The lowest BCUT2D eigenvalue weighted by atomic mass is 10.0. The normalized spacial score (nSPS) is 11.2. The second kappa shape index (κ2) is 19.9. The van der Waals surface area contributed by atoms with E-state index in [1.165, 1.54) is 96.3 Å². The maximum absolute atomic E-state index is 12.2. The number of alkyl halides is 1. The predicted molar refractivity (Wildman–Crippen MR) is 139 cm³/mol. The van der Waals surface area contributed by atoms with Crippen molar-refractivity contribution in [2.45, 2.75) is 135 Å². The molecule has 0 aliphatic rings. The van der Waals surface area contributed by atoms with Gasteiger partial charge in [-0.1, -0.05) is 126 Å². The molecule has 0 unspecified atom stereocenters. The van der Waals surface area contributed by atoms with Gasteiger partial charge in [0.1, 0.15) is 0 Å². The van der Waals surface area contributed by atoms with E-state index in [2.05, 4.69) is 34.3 Å². The molecule has 0 radical (unpaired) electrons. The molecule has 0 bridgehead atoms. The molecule has 0 aliphatic heterocycles. The summed E-state index contributed by atoms with van der Waals surface area (Å²) in [5.41, 5.74) is 1.01. The van der Waals surface area contributed by atoms with Crippen molar-refractivity contribution in [3.63, 3.8) is 0 Å². The van der Waals surface area contributed by atoms with Crippen molar-refractivity contribution in [3.8, 4) is 5.75 Å². The first-order valence-corrected chi connectivity index (χ1v) is 14.3. The molecule has 1 aromatic rings. The fourth-order valence-electron chi connectivity index (χ4n) is 4.10. The molecule has 0 spiro atoms. The first-order valence-electron chi connectivity index (χ1n) is 13.1. The maximum atomic E-state index is 12.2. The van der Waals surface area contributed by atoms with Crippen LogP contribution in [0.3, 0.4) is 0 Å². The quantitative estimate of drug-likeness (QED) is 0.125. The van der Waals surface area contributed by atoms with E-state index in [1.54, 1.807) is 6.07 Å². The third kappa shape index (κ3) is 14.1. The van der Waals surface area contributed by atoms with Gasteiger partial charge in [0, 0.05) is 23.6 Å². The largest absolute Gasteiger partial charge is 0.488 e. The molecule has 0 fully saturated rings. The van der Waals surface area contributed by atoms with E-state index < -0.39 is 0 Å². The van der Waals surface area contributed by atoms with Gasteiger partial charge in [0.25, 0.3) is 0 Å². The molecule has 0 aromatic carbocycles. The summed E-state index contributed by atoms with van der Waals surface area (Å²) in [6.45, 7) is 5.99.